The van der Waals surface area contributed by atoms with Gasteiger partial charge in [-0.25, -0.2) is 8.78 Å². The van der Waals surface area contributed by atoms with Crippen LogP contribution in [0.15, 0.2) is 12.1 Å². The van der Waals surface area contributed by atoms with E-state index in [9.17, 15) is 18.4 Å². The number of benzene rings is 1. The van der Waals surface area contributed by atoms with E-state index in [0.29, 0.717) is 0 Å². The summed E-state index contributed by atoms with van der Waals surface area (Å²) in [5, 5.41) is 13.4. The summed E-state index contributed by atoms with van der Waals surface area (Å²) >= 11 is 0. The smallest absolute Gasteiger partial charge is 0.305 e. The van der Waals surface area contributed by atoms with Crippen molar-refractivity contribution in [2.75, 3.05) is 10.6 Å². The minimum atomic E-state index is -1.16. The Balaban J connectivity index is 2.31. The first-order chi connectivity index (χ1) is 7.97. The molecule has 5 nitrogen and oxygen atoms in total. The number of aliphatic carboxylic acids is 1. The largest absolute Gasteiger partial charge is 0.481 e. The summed E-state index contributed by atoms with van der Waals surface area (Å²) in [4.78, 5) is 21.9. The fraction of sp³-hybridized carbons (Fsp3) is 0.200. The number of carbonyl (C=O) groups is 2. The third kappa shape index (κ3) is 2.17. The molecule has 1 aliphatic rings. The van der Waals surface area contributed by atoms with Gasteiger partial charge in [-0.05, 0) is 0 Å². The molecule has 1 aromatic rings. The molecule has 0 saturated heterocycles. The molecular formula is C10H8F2N2O3. The third-order valence-electron chi connectivity index (χ3n) is 2.34. The topological polar surface area (TPSA) is 78.4 Å². The maximum Gasteiger partial charge on any atom is 0.305 e. The lowest BCUT2D eigenvalue weighted by molar-refractivity contribution is -0.138. The number of fused-ring (bicyclic) bond motifs is 1. The summed E-state index contributed by atoms with van der Waals surface area (Å²) in [6.45, 7) is 0. The van der Waals surface area contributed by atoms with Crippen LogP contribution in [-0.4, -0.2) is 23.0 Å². The second-order valence-electron chi connectivity index (χ2n) is 3.60. The maximum atomic E-state index is 12.9. The first kappa shape index (κ1) is 11.3. The fourth-order valence-corrected chi connectivity index (χ4v) is 1.56. The van der Waals surface area contributed by atoms with E-state index in [1.807, 2.05) is 0 Å². The predicted octanol–water partition coefficient (Wildman–Crippen LogP) is 1.17. The van der Waals surface area contributed by atoms with E-state index in [4.69, 9.17) is 5.11 Å². The Morgan fingerprint density at radius 1 is 1.29 bits per heavy atom. The summed E-state index contributed by atoms with van der Waals surface area (Å²) in [5.41, 5.74) is 0.255. The van der Waals surface area contributed by atoms with Gasteiger partial charge >= 0.3 is 5.97 Å². The molecule has 1 unspecified atom stereocenters. The van der Waals surface area contributed by atoms with E-state index in [1.165, 1.54) is 0 Å². The predicted molar refractivity (Wildman–Crippen MR) is 54.7 cm³/mol. The maximum absolute atomic E-state index is 12.9. The number of amides is 1. The van der Waals surface area contributed by atoms with Gasteiger partial charge < -0.3 is 15.7 Å². The Kier molecular flexibility index (Phi) is 2.66. The summed E-state index contributed by atoms with van der Waals surface area (Å²) < 4.78 is 25.8. The molecule has 0 fully saturated rings. The molecule has 0 spiro atoms. The first-order valence-electron chi connectivity index (χ1n) is 4.75. The second-order valence-corrected chi connectivity index (χ2v) is 3.60. The Hall–Kier alpha value is -2.18. The Morgan fingerprint density at radius 2 is 1.88 bits per heavy atom. The van der Waals surface area contributed by atoms with Gasteiger partial charge in [0.1, 0.15) is 6.04 Å². The lowest BCUT2D eigenvalue weighted by atomic mass is 10.1. The quantitative estimate of drug-likeness (QED) is 0.727. The zero-order valence-corrected chi connectivity index (χ0v) is 8.46. The molecule has 1 aliphatic heterocycles. The van der Waals surface area contributed by atoms with Gasteiger partial charge in [0.2, 0.25) is 5.91 Å². The van der Waals surface area contributed by atoms with Gasteiger partial charge in [-0.15, -0.1) is 0 Å². The van der Waals surface area contributed by atoms with Crippen LogP contribution in [0.2, 0.25) is 0 Å². The molecule has 1 amide bonds. The van der Waals surface area contributed by atoms with Crippen molar-refractivity contribution in [1.82, 2.24) is 0 Å². The van der Waals surface area contributed by atoms with Crippen LogP contribution in [0.4, 0.5) is 20.2 Å². The molecule has 17 heavy (non-hydrogen) atoms. The number of carbonyl (C=O) groups excluding carboxylic acids is 1. The Labute approximate surface area is 94.4 Å². The van der Waals surface area contributed by atoms with Gasteiger partial charge in [-0.2, -0.15) is 0 Å². The number of carboxylic acids is 1. The van der Waals surface area contributed by atoms with Crippen LogP contribution in [0.25, 0.3) is 0 Å². The van der Waals surface area contributed by atoms with Crippen LogP contribution in [0, 0.1) is 11.6 Å². The van der Waals surface area contributed by atoms with Gasteiger partial charge in [-0.3, -0.25) is 9.59 Å². The molecule has 1 aromatic carbocycles. The van der Waals surface area contributed by atoms with Crippen LogP contribution < -0.4 is 10.6 Å². The highest BCUT2D eigenvalue weighted by molar-refractivity contribution is 6.04. The van der Waals surface area contributed by atoms with Gasteiger partial charge in [0, 0.05) is 12.1 Å². The van der Waals surface area contributed by atoms with E-state index < -0.39 is 36.0 Å². The highest BCUT2D eigenvalue weighted by atomic mass is 19.2. The number of hydrogen-bond acceptors (Lipinski definition) is 3. The van der Waals surface area contributed by atoms with Gasteiger partial charge in [0.05, 0.1) is 17.8 Å². The number of nitrogens with one attached hydrogen (secondary N) is 2. The first-order valence-corrected chi connectivity index (χ1v) is 4.75. The van der Waals surface area contributed by atoms with E-state index >= 15 is 0 Å². The Bertz CT molecular complexity index is 505. The summed E-state index contributed by atoms with van der Waals surface area (Å²) in [6.07, 6.45) is -0.440. The minimum Gasteiger partial charge on any atom is -0.481 e. The fourth-order valence-electron chi connectivity index (χ4n) is 1.56. The summed E-state index contributed by atoms with van der Waals surface area (Å²) in [5.74, 6) is -3.90. The molecule has 2 rings (SSSR count). The standard InChI is InChI=1S/C10H8F2N2O3/c11-4-1-6-7(2-5(4)12)14-10(17)8(13-6)3-9(15)16/h1-2,8,13H,3H2,(H,14,17)(H,15,16). The number of carboxylic acid groups (broad SMARTS) is 1. The SMILES string of the molecule is O=C(O)CC1Nc2cc(F)c(F)cc2NC1=O. The lowest BCUT2D eigenvalue weighted by Gasteiger charge is -2.25. The van der Waals surface area contributed by atoms with Crippen LogP contribution >= 0.6 is 0 Å². The highest BCUT2D eigenvalue weighted by Crippen LogP contribution is 2.29. The zero-order chi connectivity index (χ0) is 12.6. The van der Waals surface area contributed by atoms with Crippen molar-refractivity contribution in [1.29, 1.82) is 0 Å². The van der Waals surface area contributed by atoms with Crippen LogP contribution in [0.1, 0.15) is 6.42 Å². The van der Waals surface area contributed by atoms with Crippen molar-refractivity contribution < 1.29 is 23.5 Å². The number of anilines is 2. The number of hydrogen-bond donors (Lipinski definition) is 3. The summed E-state index contributed by atoms with van der Waals surface area (Å²) in [7, 11) is 0. The van der Waals surface area contributed by atoms with Crippen molar-refractivity contribution >= 4 is 23.3 Å². The van der Waals surface area contributed by atoms with Crippen molar-refractivity contribution in [3.8, 4) is 0 Å². The van der Waals surface area contributed by atoms with Gasteiger partial charge in [-0.1, -0.05) is 0 Å². The molecular weight excluding hydrogens is 234 g/mol. The molecule has 0 aliphatic carbocycles. The van der Waals surface area contributed by atoms with Crippen LogP contribution in [0.3, 0.4) is 0 Å². The average Bonchev–Trinajstić information content (AvgIpc) is 2.22. The van der Waals surface area contributed by atoms with Crippen LogP contribution in [0.5, 0.6) is 0 Å². The van der Waals surface area contributed by atoms with E-state index in [-0.39, 0.29) is 11.4 Å². The zero-order valence-electron chi connectivity index (χ0n) is 8.46. The third-order valence-corrected chi connectivity index (χ3v) is 2.34. The van der Waals surface area contributed by atoms with Crippen molar-refractivity contribution in [3.05, 3.63) is 23.8 Å². The van der Waals surface area contributed by atoms with E-state index in [0.717, 1.165) is 12.1 Å². The highest BCUT2D eigenvalue weighted by Gasteiger charge is 2.28. The van der Waals surface area contributed by atoms with Crippen molar-refractivity contribution in [2.24, 2.45) is 0 Å². The van der Waals surface area contributed by atoms with Crippen molar-refractivity contribution in [2.45, 2.75) is 12.5 Å². The number of halogens is 2. The lowest BCUT2D eigenvalue weighted by Crippen LogP contribution is -2.40. The molecule has 1 atom stereocenters. The molecule has 0 bridgehead atoms. The van der Waals surface area contributed by atoms with Gasteiger partial charge in [0.25, 0.3) is 0 Å². The molecule has 90 valence electrons. The monoisotopic (exact) mass is 242 g/mol. The molecule has 3 N–H and O–H groups in total. The number of rotatable bonds is 2. The second kappa shape index (κ2) is 4.00. The molecule has 7 heteroatoms. The van der Waals surface area contributed by atoms with E-state index in [2.05, 4.69) is 10.6 Å². The molecule has 1 heterocycles. The van der Waals surface area contributed by atoms with Crippen LogP contribution in [-0.2, 0) is 9.59 Å². The van der Waals surface area contributed by atoms with Gasteiger partial charge in [0.15, 0.2) is 11.6 Å². The average molecular weight is 242 g/mol. The molecule has 0 radical (unpaired) electrons. The Morgan fingerprint density at radius 3 is 2.47 bits per heavy atom. The molecule has 0 aromatic heterocycles. The molecule has 0 saturated carbocycles. The van der Waals surface area contributed by atoms with E-state index in [1.54, 1.807) is 0 Å². The summed E-state index contributed by atoms with van der Waals surface area (Å²) in [6, 6.07) is 0.718. The van der Waals surface area contributed by atoms with Crippen molar-refractivity contribution in [3.63, 3.8) is 0 Å². The minimum absolute atomic E-state index is 0.0931. The normalized spacial score (nSPS) is 18.0.